The molecule has 3 rings (SSSR count). The van der Waals surface area contributed by atoms with E-state index in [1.165, 1.54) is 17.0 Å². The van der Waals surface area contributed by atoms with Crippen molar-refractivity contribution in [2.75, 3.05) is 25.7 Å². The SMILES string of the molecule is COC(=O)c1cc(CN(C)C(=O)C2=NCC(=O)N(c3ccc(C)cc3)N2)oc1C. The van der Waals surface area contributed by atoms with Crippen molar-refractivity contribution >= 4 is 29.3 Å². The van der Waals surface area contributed by atoms with E-state index >= 15 is 0 Å². The molecule has 0 spiro atoms. The Balaban J connectivity index is 1.71. The van der Waals surface area contributed by atoms with Crippen LogP contribution in [0.15, 0.2) is 39.7 Å². The van der Waals surface area contributed by atoms with Crippen molar-refractivity contribution in [2.24, 2.45) is 4.99 Å². The van der Waals surface area contributed by atoms with E-state index in [0.29, 0.717) is 22.8 Å². The van der Waals surface area contributed by atoms with Crippen LogP contribution in [-0.2, 0) is 20.9 Å². The lowest BCUT2D eigenvalue weighted by Gasteiger charge is -2.29. The highest BCUT2D eigenvalue weighted by molar-refractivity contribution is 6.39. The second kappa shape index (κ2) is 8.17. The number of hydrogen-bond acceptors (Lipinski definition) is 7. The zero-order chi connectivity index (χ0) is 21.1. The van der Waals surface area contributed by atoms with Crippen LogP contribution >= 0.6 is 0 Å². The lowest BCUT2D eigenvalue weighted by atomic mass is 10.2. The van der Waals surface area contributed by atoms with Crippen molar-refractivity contribution in [2.45, 2.75) is 20.4 Å². The Labute approximate surface area is 167 Å². The summed E-state index contributed by atoms with van der Waals surface area (Å²) in [5.41, 5.74) is 4.78. The molecule has 9 heteroatoms. The number of amides is 2. The predicted octanol–water partition coefficient (Wildman–Crippen LogP) is 1.59. The van der Waals surface area contributed by atoms with Gasteiger partial charge in [0.1, 0.15) is 23.6 Å². The van der Waals surface area contributed by atoms with Gasteiger partial charge in [-0.2, -0.15) is 0 Å². The second-order valence-corrected chi connectivity index (χ2v) is 6.68. The zero-order valence-electron chi connectivity index (χ0n) is 16.7. The number of carbonyl (C=O) groups is 3. The largest absolute Gasteiger partial charge is 0.465 e. The van der Waals surface area contributed by atoms with Gasteiger partial charge in [0.05, 0.1) is 19.3 Å². The van der Waals surface area contributed by atoms with Crippen LogP contribution in [0.25, 0.3) is 0 Å². The first kappa shape index (κ1) is 20.1. The first-order valence-electron chi connectivity index (χ1n) is 8.94. The average molecular weight is 398 g/mol. The number of amidine groups is 1. The molecule has 2 heterocycles. The third kappa shape index (κ3) is 4.29. The van der Waals surface area contributed by atoms with Gasteiger partial charge in [-0.25, -0.2) is 9.80 Å². The Kier molecular flexibility index (Phi) is 5.67. The van der Waals surface area contributed by atoms with Gasteiger partial charge in [0.2, 0.25) is 5.84 Å². The Bertz CT molecular complexity index is 977. The number of likely N-dealkylation sites (N-methyl/N-ethyl adjacent to an activating group) is 1. The maximum atomic E-state index is 12.8. The van der Waals surface area contributed by atoms with Gasteiger partial charge in [0.25, 0.3) is 11.8 Å². The van der Waals surface area contributed by atoms with E-state index in [1.807, 2.05) is 19.1 Å². The molecule has 1 aliphatic rings. The molecule has 0 radical (unpaired) electrons. The lowest BCUT2D eigenvalue weighted by molar-refractivity contribution is -0.124. The van der Waals surface area contributed by atoms with E-state index < -0.39 is 11.9 Å². The number of benzene rings is 1. The fraction of sp³-hybridized carbons (Fsp3) is 0.300. The van der Waals surface area contributed by atoms with Crippen LogP contribution in [0.3, 0.4) is 0 Å². The normalized spacial score (nSPS) is 13.6. The number of ether oxygens (including phenoxy) is 1. The molecule has 1 aromatic carbocycles. The molecule has 29 heavy (non-hydrogen) atoms. The number of esters is 1. The van der Waals surface area contributed by atoms with Gasteiger partial charge in [-0.15, -0.1) is 0 Å². The summed E-state index contributed by atoms with van der Waals surface area (Å²) in [5.74, 6) is -0.291. The molecule has 0 unspecified atom stereocenters. The molecule has 2 aromatic rings. The highest BCUT2D eigenvalue weighted by Gasteiger charge is 2.28. The Morgan fingerprint density at radius 2 is 1.97 bits per heavy atom. The van der Waals surface area contributed by atoms with E-state index in [4.69, 9.17) is 9.15 Å². The summed E-state index contributed by atoms with van der Waals surface area (Å²) in [5, 5.41) is 1.31. The van der Waals surface area contributed by atoms with Crippen LogP contribution in [-0.4, -0.2) is 49.2 Å². The Morgan fingerprint density at radius 1 is 1.28 bits per heavy atom. The average Bonchev–Trinajstić information content (AvgIpc) is 3.08. The molecule has 0 atom stereocenters. The third-order valence-corrected chi connectivity index (χ3v) is 4.45. The first-order chi connectivity index (χ1) is 13.8. The summed E-state index contributed by atoms with van der Waals surface area (Å²) in [4.78, 5) is 42.1. The predicted molar refractivity (Wildman–Crippen MR) is 105 cm³/mol. The molecule has 0 saturated heterocycles. The summed E-state index contributed by atoms with van der Waals surface area (Å²) in [7, 11) is 2.87. The minimum atomic E-state index is -0.503. The number of aliphatic imine (C=N–C) groups is 1. The molecule has 0 fully saturated rings. The van der Waals surface area contributed by atoms with Gasteiger partial charge in [-0.3, -0.25) is 20.0 Å². The van der Waals surface area contributed by atoms with Gasteiger partial charge in [-0.1, -0.05) is 17.7 Å². The maximum Gasteiger partial charge on any atom is 0.341 e. The van der Waals surface area contributed by atoms with Crippen LogP contribution in [0.2, 0.25) is 0 Å². The summed E-state index contributed by atoms with van der Waals surface area (Å²) >= 11 is 0. The molecular weight excluding hydrogens is 376 g/mol. The molecule has 0 saturated carbocycles. The van der Waals surface area contributed by atoms with E-state index in [0.717, 1.165) is 5.56 Å². The summed E-state index contributed by atoms with van der Waals surface area (Å²) < 4.78 is 10.2. The number of rotatable bonds is 5. The van der Waals surface area contributed by atoms with Crippen LogP contribution in [0, 0.1) is 13.8 Å². The second-order valence-electron chi connectivity index (χ2n) is 6.68. The van der Waals surface area contributed by atoms with E-state index in [2.05, 4.69) is 10.4 Å². The highest BCUT2D eigenvalue weighted by atomic mass is 16.5. The molecule has 0 aliphatic carbocycles. The monoisotopic (exact) mass is 398 g/mol. The molecule has 1 N–H and O–H groups in total. The molecule has 0 bridgehead atoms. The molecule has 2 amide bonds. The van der Waals surface area contributed by atoms with E-state index in [1.54, 1.807) is 32.2 Å². The number of aryl methyl sites for hydroxylation is 2. The molecule has 9 nitrogen and oxygen atoms in total. The highest BCUT2D eigenvalue weighted by Crippen LogP contribution is 2.18. The number of nitrogens with one attached hydrogen (secondary N) is 1. The number of hydrogen-bond donors (Lipinski definition) is 1. The van der Waals surface area contributed by atoms with Gasteiger partial charge in [0.15, 0.2) is 0 Å². The van der Waals surface area contributed by atoms with Gasteiger partial charge >= 0.3 is 5.97 Å². The summed E-state index contributed by atoms with van der Waals surface area (Å²) in [6.45, 7) is 3.58. The van der Waals surface area contributed by atoms with Gasteiger partial charge < -0.3 is 14.1 Å². The molecular formula is C20H22N4O5. The van der Waals surface area contributed by atoms with Crippen molar-refractivity contribution in [1.82, 2.24) is 10.3 Å². The van der Waals surface area contributed by atoms with Crippen LogP contribution < -0.4 is 10.4 Å². The third-order valence-electron chi connectivity index (χ3n) is 4.45. The standard InChI is InChI=1S/C20H22N4O5/c1-12-5-7-14(8-6-12)24-17(25)10-21-18(22-24)19(26)23(3)11-15-9-16(13(2)29-15)20(27)28-4/h5-9H,10-11H2,1-4H3,(H,21,22). The molecule has 1 aliphatic heterocycles. The number of nitrogens with zero attached hydrogens (tertiary/aromatic N) is 3. The minimum absolute atomic E-state index is 0.0455. The smallest absolute Gasteiger partial charge is 0.341 e. The van der Waals surface area contributed by atoms with Crippen molar-refractivity contribution in [3.05, 3.63) is 53.0 Å². The van der Waals surface area contributed by atoms with E-state index in [-0.39, 0.29) is 24.8 Å². The summed E-state index contributed by atoms with van der Waals surface area (Å²) in [6.07, 6.45) is 0. The minimum Gasteiger partial charge on any atom is -0.465 e. The molecule has 152 valence electrons. The number of hydrazine groups is 1. The molecule has 1 aromatic heterocycles. The summed E-state index contributed by atoms with van der Waals surface area (Å²) in [6, 6.07) is 8.88. The maximum absolute atomic E-state index is 12.8. The zero-order valence-corrected chi connectivity index (χ0v) is 16.7. The van der Waals surface area contributed by atoms with Crippen LogP contribution in [0.4, 0.5) is 5.69 Å². The van der Waals surface area contributed by atoms with Gasteiger partial charge in [0, 0.05) is 7.05 Å². The van der Waals surface area contributed by atoms with Crippen molar-refractivity contribution in [3.8, 4) is 0 Å². The van der Waals surface area contributed by atoms with Crippen molar-refractivity contribution in [3.63, 3.8) is 0 Å². The topological polar surface area (TPSA) is 104 Å². The lowest BCUT2D eigenvalue weighted by Crippen LogP contribution is -2.55. The number of methoxy groups -OCH3 is 1. The fourth-order valence-electron chi connectivity index (χ4n) is 2.86. The van der Waals surface area contributed by atoms with Crippen molar-refractivity contribution < 1.29 is 23.5 Å². The Morgan fingerprint density at radius 3 is 2.62 bits per heavy atom. The van der Waals surface area contributed by atoms with E-state index in [9.17, 15) is 14.4 Å². The number of furan rings is 1. The fourth-order valence-corrected chi connectivity index (χ4v) is 2.86. The van der Waals surface area contributed by atoms with Gasteiger partial charge in [-0.05, 0) is 32.0 Å². The Hall–Kier alpha value is -3.62. The van der Waals surface area contributed by atoms with Crippen molar-refractivity contribution in [1.29, 1.82) is 0 Å². The number of carbonyl (C=O) groups excluding carboxylic acids is 3. The van der Waals surface area contributed by atoms with Crippen LogP contribution in [0.5, 0.6) is 0 Å². The first-order valence-corrected chi connectivity index (χ1v) is 8.94. The quantitative estimate of drug-likeness (QED) is 0.767. The number of anilines is 1. The van der Waals surface area contributed by atoms with Crippen LogP contribution in [0.1, 0.15) is 27.4 Å².